The number of amides is 1. The lowest BCUT2D eigenvalue weighted by Crippen LogP contribution is -2.46. The zero-order valence-electron chi connectivity index (χ0n) is 13.3. The smallest absolute Gasteiger partial charge is 0.234 e. The van der Waals surface area contributed by atoms with Crippen molar-refractivity contribution in [2.45, 2.75) is 31.7 Å². The lowest BCUT2D eigenvalue weighted by atomic mass is 10.00. The van der Waals surface area contributed by atoms with Gasteiger partial charge >= 0.3 is 0 Å². The van der Waals surface area contributed by atoms with Crippen LogP contribution in [0.15, 0.2) is 24.3 Å². The summed E-state index contributed by atoms with van der Waals surface area (Å²) in [5, 5.41) is 12.7. The molecule has 1 fully saturated rings. The number of benzene rings is 1. The number of rotatable bonds is 8. The SMILES string of the molecule is O=C(CN1CCCCC1CCO)NCCOc1ccc(Cl)cc1. The van der Waals surface area contributed by atoms with Crippen molar-refractivity contribution >= 4 is 17.5 Å². The molecule has 2 rings (SSSR count). The third-order valence-electron chi connectivity index (χ3n) is 4.06. The van der Waals surface area contributed by atoms with Crippen LogP contribution in [-0.4, -0.2) is 54.8 Å². The highest BCUT2D eigenvalue weighted by atomic mass is 35.5. The molecule has 1 saturated heterocycles. The first kappa shape index (κ1) is 18.0. The molecular weight excluding hydrogens is 316 g/mol. The number of hydrogen-bond acceptors (Lipinski definition) is 4. The molecule has 0 bridgehead atoms. The molecule has 1 amide bonds. The lowest BCUT2D eigenvalue weighted by Gasteiger charge is -2.34. The minimum absolute atomic E-state index is 0.00884. The fraction of sp³-hybridized carbons (Fsp3) is 0.588. The Balaban J connectivity index is 1.65. The molecular formula is C17H25ClN2O3. The minimum atomic E-state index is 0.00884. The van der Waals surface area contributed by atoms with Crippen LogP contribution in [0.25, 0.3) is 0 Å². The molecule has 23 heavy (non-hydrogen) atoms. The monoisotopic (exact) mass is 340 g/mol. The van der Waals surface area contributed by atoms with Crippen LogP contribution < -0.4 is 10.1 Å². The number of carbonyl (C=O) groups excluding carboxylic acids is 1. The van der Waals surface area contributed by atoms with Crippen molar-refractivity contribution in [3.63, 3.8) is 0 Å². The van der Waals surface area contributed by atoms with Crippen LogP contribution in [0.5, 0.6) is 5.75 Å². The number of nitrogens with one attached hydrogen (secondary N) is 1. The average Bonchev–Trinajstić information content (AvgIpc) is 2.55. The highest BCUT2D eigenvalue weighted by Crippen LogP contribution is 2.19. The second-order valence-electron chi connectivity index (χ2n) is 5.78. The number of carbonyl (C=O) groups is 1. The Morgan fingerprint density at radius 2 is 2.13 bits per heavy atom. The van der Waals surface area contributed by atoms with Gasteiger partial charge in [0.25, 0.3) is 0 Å². The molecule has 0 aromatic heterocycles. The summed E-state index contributed by atoms with van der Waals surface area (Å²) in [5.41, 5.74) is 0. The number of ether oxygens (including phenoxy) is 1. The summed E-state index contributed by atoms with van der Waals surface area (Å²) in [6, 6.07) is 7.47. The van der Waals surface area contributed by atoms with Gasteiger partial charge in [0.15, 0.2) is 0 Å². The van der Waals surface area contributed by atoms with E-state index in [2.05, 4.69) is 10.2 Å². The molecule has 1 aromatic carbocycles. The van der Waals surface area contributed by atoms with Crippen molar-refractivity contribution in [2.24, 2.45) is 0 Å². The number of aliphatic hydroxyl groups excluding tert-OH is 1. The standard InChI is InChI=1S/C17H25ClN2O3/c18-14-4-6-16(7-5-14)23-12-9-19-17(22)13-20-10-2-1-3-15(20)8-11-21/h4-7,15,21H,1-3,8-13H2,(H,19,22). The van der Waals surface area contributed by atoms with Crippen molar-refractivity contribution in [3.8, 4) is 5.75 Å². The Morgan fingerprint density at radius 3 is 2.87 bits per heavy atom. The second-order valence-corrected chi connectivity index (χ2v) is 6.22. The van der Waals surface area contributed by atoms with Gasteiger partial charge < -0.3 is 15.2 Å². The summed E-state index contributed by atoms with van der Waals surface area (Å²) < 4.78 is 5.54. The Labute approximate surface area is 142 Å². The highest BCUT2D eigenvalue weighted by molar-refractivity contribution is 6.30. The Morgan fingerprint density at radius 1 is 1.35 bits per heavy atom. The van der Waals surface area contributed by atoms with Crippen LogP contribution in [0.2, 0.25) is 5.02 Å². The molecule has 128 valence electrons. The summed E-state index contributed by atoms with van der Waals surface area (Å²) in [4.78, 5) is 14.2. The fourth-order valence-corrected chi connectivity index (χ4v) is 3.00. The normalized spacial score (nSPS) is 18.6. The molecule has 1 unspecified atom stereocenters. The minimum Gasteiger partial charge on any atom is -0.492 e. The van der Waals surface area contributed by atoms with E-state index >= 15 is 0 Å². The molecule has 1 aliphatic heterocycles. The molecule has 0 aliphatic carbocycles. The van der Waals surface area contributed by atoms with E-state index in [4.69, 9.17) is 21.4 Å². The zero-order chi connectivity index (χ0) is 16.5. The van der Waals surface area contributed by atoms with Crippen LogP contribution in [-0.2, 0) is 4.79 Å². The predicted octanol–water partition coefficient (Wildman–Crippen LogP) is 2.07. The topological polar surface area (TPSA) is 61.8 Å². The first-order valence-electron chi connectivity index (χ1n) is 8.19. The number of piperidine rings is 1. The molecule has 1 atom stereocenters. The van der Waals surface area contributed by atoms with E-state index in [9.17, 15) is 4.79 Å². The molecule has 1 aromatic rings. The van der Waals surface area contributed by atoms with Gasteiger partial charge in [0.05, 0.1) is 13.1 Å². The average molecular weight is 341 g/mol. The van der Waals surface area contributed by atoms with E-state index in [0.29, 0.717) is 30.8 Å². The molecule has 1 aliphatic rings. The summed E-state index contributed by atoms with van der Waals surface area (Å²) in [5.74, 6) is 0.747. The number of hydrogen-bond donors (Lipinski definition) is 2. The van der Waals surface area contributed by atoms with Crippen LogP contribution in [0.4, 0.5) is 0 Å². The Bertz CT molecular complexity index is 479. The summed E-state index contributed by atoms with van der Waals surface area (Å²) in [7, 11) is 0. The van der Waals surface area contributed by atoms with Crippen LogP contribution in [0, 0.1) is 0 Å². The van der Waals surface area contributed by atoms with Crippen molar-refractivity contribution in [1.82, 2.24) is 10.2 Å². The van der Waals surface area contributed by atoms with Crippen molar-refractivity contribution in [3.05, 3.63) is 29.3 Å². The fourth-order valence-electron chi connectivity index (χ4n) is 2.87. The van der Waals surface area contributed by atoms with Crippen molar-refractivity contribution in [2.75, 3.05) is 32.8 Å². The molecule has 1 heterocycles. The second kappa shape index (κ2) is 9.75. The van der Waals surface area contributed by atoms with Crippen LogP contribution in [0.1, 0.15) is 25.7 Å². The number of nitrogens with zero attached hydrogens (tertiary/aromatic N) is 1. The maximum atomic E-state index is 12.0. The lowest BCUT2D eigenvalue weighted by molar-refractivity contribution is -0.123. The van der Waals surface area contributed by atoms with Crippen LogP contribution >= 0.6 is 11.6 Å². The van der Waals surface area contributed by atoms with Gasteiger partial charge in [-0.15, -0.1) is 0 Å². The molecule has 0 spiro atoms. The van der Waals surface area contributed by atoms with Gasteiger partial charge in [-0.05, 0) is 50.1 Å². The quantitative estimate of drug-likeness (QED) is 0.711. The summed E-state index contributed by atoms with van der Waals surface area (Å²) in [6.07, 6.45) is 4.10. The Kier molecular flexibility index (Phi) is 7.65. The predicted molar refractivity (Wildman–Crippen MR) is 90.9 cm³/mol. The van der Waals surface area contributed by atoms with E-state index in [1.54, 1.807) is 24.3 Å². The van der Waals surface area contributed by atoms with Gasteiger partial charge in [-0.25, -0.2) is 0 Å². The maximum absolute atomic E-state index is 12.0. The largest absolute Gasteiger partial charge is 0.492 e. The highest BCUT2D eigenvalue weighted by Gasteiger charge is 2.23. The van der Waals surface area contributed by atoms with Gasteiger partial charge in [0, 0.05) is 17.7 Å². The van der Waals surface area contributed by atoms with E-state index in [1.165, 1.54) is 6.42 Å². The van der Waals surface area contributed by atoms with Gasteiger partial charge in [0.2, 0.25) is 5.91 Å². The van der Waals surface area contributed by atoms with Crippen molar-refractivity contribution < 1.29 is 14.6 Å². The first-order valence-corrected chi connectivity index (χ1v) is 8.57. The third-order valence-corrected chi connectivity index (χ3v) is 4.32. The molecule has 2 N–H and O–H groups in total. The van der Waals surface area contributed by atoms with Crippen LogP contribution in [0.3, 0.4) is 0 Å². The molecule has 5 nitrogen and oxygen atoms in total. The molecule has 0 saturated carbocycles. The van der Waals surface area contributed by atoms with Gasteiger partial charge in [-0.2, -0.15) is 0 Å². The van der Waals surface area contributed by atoms with E-state index in [0.717, 1.165) is 31.6 Å². The number of aliphatic hydroxyl groups is 1. The zero-order valence-corrected chi connectivity index (χ0v) is 14.1. The Hall–Kier alpha value is -1.30. The van der Waals surface area contributed by atoms with E-state index in [-0.39, 0.29) is 12.5 Å². The van der Waals surface area contributed by atoms with E-state index < -0.39 is 0 Å². The molecule has 0 radical (unpaired) electrons. The third kappa shape index (κ3) is 6.37. The van der Waals surface area contributed by atoms with Gasteiger partial charge in [0.1, 0.15) is 12.4 Å². The summed E-state index contributed by atoms with van der Waals surface area (Å²) >= 11 is 5.81. The number of likely N-dealkylation sites (tertiary alicyclic amines) is 1. The van der Waals surface area contributed by atoms with Gasteiger partial charge in [-0.3, -0.25) is 9.69 Å². The van der Waals surface area contributed by atoms with Gasteiger partial charge in [-0.1, -0.05) is 18.0 Å². The van der Waals surface area contributed by atoms with Crippen molar-refractivity contribution in [1.29, 1.82) is 0 Å². The summed E-state index contributed by atoms with van der Waals surface area (Å²) in [6.45, 7) is 2.40. The van der Waals surface area contributed by atoms with E-state index in [1.807, 2.05) is 0 Å². The maximum Gasteiger partial charge on any atom is 0.234 e. The number of halogens is 1. The first-order chi connectivity index (χ1) is 11.2. The molecule has 6 heteroatoms.